The lowest BCUT2D eigenvalue weighted by molar-refractivity contribution is 0.354. The summed E-state index contributed by atoms with van der Waals surface area (Å²) >= 11 is 3.06. The molecule has 0 aliphatic rings. The molecule has 0 atom stereocenters. The van der Waals surface area contributed by atoms with E-state index in [0.717, 1.165) is 0 Å². The molecule has 112 valence electrons. The van der Waals surface area contributed by atoms with Crippen LogP contribution in [-0.2, 0) is 6.54 Å². The van der Waals surface area contributed by atoms with Crippen LogP contribution in [-0.4, -0.2) is 14.2 Å². The number of nitrogens with two attached hydrogens (primary N) is 1. The van der Waals surface area contributed by atoms with Crippen LogP contribution in [0, 0.1) is 11.6 Å². The van der Waals surface area contributed by atoms with E-state index in [1.54, 1.807) is 6.07 Å². The van der Waals surface area contributed by atoms with E-state index >= 15 is 0 Å². The van der Waals surface area contributed by atoms with Crippen LogP contribution < -0.4 is 15.2 Å². The summed E-state index contributed by atoms with van der Waals surface area (Å²) in [5.74, 6) is -0.518. The zero-order valence-corrected chi connectivity index (χ0v) is 13.1. The van der Waals surface area contributed by atoms with E-state index in [-0.39, 0.29) is 16.6 Å². The molecule has 0 aliphatic carbocycles. The van der Waals surface area contributed by atoms with E-state index in [9.17, 15) is 8.78 Å². The molecule has 2 N–H and O–H groups in total. The fraction of sp³-hybridized carbons (Fsp3) is 0.200. The lowest BCUT2D eigenvalue weighted by Gasteiger charge is -2.15. The van der Waals surface area contributed by atoms with E-state index in [2.05, 4.69) is 15.9 Å². The van der Waals surface area contributed by atoms with E-state index < -0.39 is 11.6 Å². The molecular formula is C15H14BrF2NO2. The van der Waals surface area contributed by atoms with Crippen LogP contribution in [0.25, 0.3) is 11.1 Å². The number of hydrogen-bond acceptors (Lipinski definition) is 3. The SMILES string of the molecule is COc1cc(CN)c(-c2c(F)ccc(Br)c2F)cc1OC. The van der Waals surface area contributed by atoms with Crippen molar-refractivity contribution in [2.75, 3.05) is 14.2 Å². The van der Waals surface area contributed by atoms with Gasteiger partial charge in [0.05, 0.1) is 24.3 Å². The first kappa shape index (κ1) is 15.7. The molecule has 0 saturated carbocycles. The van der Waals surface area contributed by atoms with Crippen LogP contribution >= 0.6 is 15.9 Å². The van der Waals surface area contributed by atoms with E-state index in [0.29, 0.717) is 22.6 Å². The van der Waals surface area contributed by atoms with Gasteiger partial charge in [0, 0.05) is 6.54 Å². The normalized spacial score (nSPS) is 10.6. The molecule has 0 bridgehead atoms. The van der Waals surface area contributed by atoms with E-state index in [1.807, 2.05) is 0 Å². The maximum atomic E-state index is 14.3. The van der Waals surface area contributed by atoms with Gasteiger partial charge in [-0.15, -0.1) is 0 Å². The van der Waals surface area contributed by atoms with Gasteiger partial charge in [0.25, 0.3) is 0 Å². The number of benzene rings is 2. The van der Waals surface area contributed by atoms with E-state index in [1.165, 1.54) is 32.4 Å². The van der Waals surface area contributed by atoms with Gasteiger partial charge in [-0.05, 0) is 51.3 Å². The van der Waals surface area contributed by atoms with Gasteiger partial charge in [0.2, 0.25) is 0 Å². The smallest absolute Gasteiger partial charge is 0.161 e. The molecule has 0 spiro atoms. The van der Waals surface area contributed by atoms with Crippen molar-refractivity contribution < 1.29 is 18.3 Å². The van der Waals surface area contributed by atoms with Gasteiger partial charge in [0.15, 0.2) is 11.5 Å². The Labute approximate surface area is 129 Å². The second-order valence-corrected chi connectivity index (χ2v) is 5.14. The molecule has 6 heteroatoms. The number of hydrogen-bond donors (Lipinski definition) is 1. The maximum absolute atomic E-state index is 14.3. The highest BCUT2D eigenvalue weighted by molar-refractivity contribution is 9.10. The molecule has 0 amide bonds. The van der Waals surface area contributed by atoms with Crippen molar-refractivity contribution in [3.8, 4) is 22.6 Å². The Morgan fingerprint density at radius 2 is 1.71 bits per heavy atom. The number of ether oxygens (including phenoxy) is 2. The summed E-state index contributed by atoms with van der Waals surface area (Å²) in [6.45, 7) is 0.112. The summed E-state index contributed by atoms with van der Waals surface area (Å²) < 4.78 is 38.9. The predicted octanol–water partition coefficient (Wildman–Crippen LogP) is 3.87. The highest BCUT2D eigenvalue weighted by Gasteiger charge is 2.19. The summed E-state index contributed by atoms with van der Waals surface area (Å²) in [6, 6.07) is 5.65. The fourth-order valence-electron chi connectivity index (χ4n) is 2.10. The summed E-state index contributed by atoms with van der Waals surface area (Å²) in [7, 11) is 2.94. The minimum atomic E-state index is -0.683. The number of halogens is 3. The topological polar surface area (TPSA) is 44.5 Å². The Morgan fingerprint density at radius 1 is 1.10 bits per heavy atom. The second kappa shape index (κ2) is 6.41. The molecule has 0 heterocycles. The molecular weight excluding hydrogens is 344 g/mol. The molecule has 0 radical (unpaired) electrons. The first-order valence-electron chi connectivity index (χ1n) is 6.12. The van der Waals surface area contributed by atoms with Crippen molar-refractivity contribution >= 4 is 15.9 Å². The van der Waals surface area contributed by atoms with Crippen LogP contribution in [0.4, 0.5) is 8.78 Å². The van der Waals surface area contributed by atoms with Gasteiger partial charge in [-0.2, -0.15) is 0 Å². The second-order valence-electron chi connectivity index (χ2n) is 4.29. The quantitative estimate of drug-likeness (QED) is 0.844. The Kier molecular flexibility index (Phi) is 4.80. The summed E-state index contributed by atoms with van der Waals surface area (Å²) in [6.07, 6.45) is 0. The minimum Gasteiger partial charge on any atom is -0.493 e. The molecule has 2 aromatic carbocycles. The molecule has 0 saturated heterocycles. The summed E-state index contributed by atoms with van der Waals surface area (Å²) in [4.78, 5) is 0. The van der Waals surface area contributed by atoms with Crippen molar-refractivity contribution in [3.05, 3.63) is 45.9 Å². The minimum absolute atomic E-state index is 0.112. The predicted molar refractivity (Wildman–Crippen MR) is 80.5 cm³/mol. The highest BCUT2D eigenvalue weighted by atomic mass is 79.9. The first-order chi connectivity index (χ1) is 10.0. The third-order valence-corrected chi connectivity index (χ3v) is 3.76. The third-order valence-electron chi connectivity index (χ3n) is 3.14. The Morgan fingerprint density at radius 3 is 2.29 bits per heavy atom. The molecule has 0 aliphatic heterocycles. The lowest BCUT2D eigenvalue weighted by Crippen LogP contribution is -2.03. The Hall–Kier alpha value is -1.66. The first-order valence-corrected chi connectivity index (χ1v) is 6.91. The van der Waals surface area contributed by atoms with Gasteiger partial charge >= 0.3 is 0 Å². The third kappa shape index (κ3) is 2.87. The average Bonchev–Trinajstić information content (AvgIpc) is 2.50. The van der Waals surface area contributed by atoms with Crippen LogP contribution in [0.15, 0.2) is 28.7 Å². The Balaban J connectivity index is 2.77. The Bertz CT molecular complexity index is 677. The lowest BCUT2D eigenvalue weighted by atomic mass is 9.97. The summed E-state index contributed by atoms with van der Waals surface area (Å²) in [5.41, 5.74) is 6.44. The van der Waals surface area contributed by atoms with E-state index in [4.69, 9.17) is 15.2 Å². The van der Waals surface area contributed by atoms with Crippen molar-refractivity contribution in [2.45, 2.75) is 6.54 Å². The molecule has 0 fully saturated rings. The van der Waals surface area contributed by atoms with Gasteiger partial charge < -0.3 is 15.2 Å². The monoisotopic (exact) mass is 357 g/mol. The number of rotatable bonds is 4. The van der Waals surface area contributed by atoms with Crippen LogP contribution in [0.5, 0.6) is 11.5 Å². The van der Waals surface area contributed by atoms with Crippen molar-refractivity contribution in [2.24, 2.45) is 5.73 Å². The largest absolute Gasteiger partial charge is 0.493 e. The van der Waals surface area contributed by atoms with Gasteiger partial charge in [-0.25, -0.2) is 8.78 Å². The van der Waals surface area contributed by atoms with Crippen LogP contribution in [0.2, 0.25) is 0 Å². The van der Waals surface area contributed by atoms with Crippen molar-refractivity contribution in [1.82, 2.24) is 0 Å². The van der Waals surface area contributed by atoms with Crippen LogP contribution in [0.1, 0.15) is 5.56 Å². The molecule has 0 unspecified atom stereocenters. The van der Waals surface area contributed by atoms with Crippen molar-refractivity contribution in [1.29, 1.82) is 0 Å². The molecule has 3 nitrogen and oxygen atoms in total. The number of methoxy groups -OCH3 is 2. The molecule has 21 heavy (non-hydrogen) atoms. The zero-order chi connectivity index (χ0) is 15.6. The average molecular weight is 358 g/mol. The zero-order valence-electron chi connectivity index (χ0n) is 11.5. The highest BCUT2D eigenvalue weighted by Crippen LogP contribution is 2.39. The van der Waals surface area contributed by atoms with Crippen LogP contribution in [0.3, 0.4) is 0 Å². The molecule has 2 rings (SSSR count). The van der Waals surface area contributed by atoms with Crippen molar-refractivity contribution in [3.63, 3.8) is 0 Å². The fourth-order valence-corrected chi connectivity index (χ4v) is 2.43. The van der Waals surface area contributed by atoms with Gasteiger partial charge in [0.1, 0.15) is 11.6 Å². The van der Waals surface area contributed by atoms with Gasteiger partial charge in [-0.3, -0.25) is 0 Å². The molecule has 2 aromatic rings. The maximum Gasteiger partial charge on any atom is 0.161 e. The molecule has 0 aromatic heterocycles. The van der Waals surface area contributed by atoms with Gasteiger partial charge in [-0.1, -0.05) is 0 Å². The summed E-state index contributed by atoms with van der Waals surface area (Å²) in [5, 5.41) is 0. The standard InChI is InChI=1S/C15H14BrF2NO2/c1-20-12-5-8(7-19)9(6-13(12)21-2)14-11(17)4-3-10(16)15(14)18/h3-6H,7,19H2,1-2H3.